The van der Waals surface area contributed by atoms with Gasteiger partial charge >= 0.3 is 0 Å². The van der Waals surface area contributed by atoms with Crippen molar-refractivity contribution >= 4 is 15.7 Å². The maximum atomic E-state index is 13.0. The number of anilines is 1. The highest BCUT2D eigenvalue weighted by molar-refractivity contribution is 7.92. The first kappa shape index (κ1) is 14.4. The van der Waals surface area contributed by atoms with Crippen molar-refractivity contribution < 1.29 is 12.8 Å². The lowest BCUT2D eigenvalue weighted by Gasteiger charge is -2.08. The van der Waals surface area contributed by atoms with Gasteiger partial charge in [0.05, 0.1) is 5.69 Å². The van der Waals surface area contributed by atoms with E-state index < -0.39 is 15.8 Å². The number of nitrogens with one attached hydrogen (secondary N) is 2. The summed E-state index contributed by atoms with van der Waals surface area (Å²) in [7, 11) is -2.02. The number of benzene rings is 1. The Hall–Kier alpha value is -1.99. The average molecular weight is 295 g/mol. The van der Waals surface area contributed by atoms with Gasteiger partial charge in [0.15, 0.2) is 5.03 Å². The van der Waals surface area contributed by atoms with Crippen LogP contribution in [0.1, 0.15) is 5.56 Å². The Morgan fingerprint density at radius 3 is 2.65 bits per heavy atom. The molecule has 1 heterocycles. The third-order valence-electron chi connectivity index (χ3n) is 2.53. The lowest BCUT2D eigenvalue weighted by Crippen LogP contribution is -2.15. The second kappa shape index (κ2) is 5.98. The van der Waals surface area contributed by atoms with Gasteiger partial charge in [-0.15, -0.1) is 0 Å². The van der Waals surface area contributed by atoms with E-state index in [9.17, 15) is 12.8 Å². The molecule has 2 rings (SSSR count). The first-order chi connectivity index (χ1) is 9.51. The van der Waals surface area contributed by atoms with Gasteiger partial charge in [-0.05, 0) is 36.9 Å². The Balaban J connectivity index is 2.21. The molecule has 0 spiro atoms. The molecule has 0 saturated carbocycles. The Morgan fingerprint density at radius 2 is 2.05 bits per heavy atom. The van der Waals surface area contributed by atoms with Gasteiger partial charge in [-0.2, -0.15) is 8.42 Å². The normalized spacial score (nSPS) is 11.3. The second-order valence-corrected chi connectivity index (χ2v) is 5.78. The predicted molar refractivity (Wildman–Crippen MR) is 74.2 cm³/mol. The Morgan fingerprint density at radius 1 is 1.25 bits per heavy atom. The van der Waals surface area contributed by atoms with E-state index in [2.05, 4.69) is 15.0 Å². The van der Waals surface area contributed by atoms with Crippen LogP contribution in [-0.4, -0.2) is 20.4 Å². The number of hydrogen-bond acceptors (Lipinski definition) is 4. The van der Waals surface area contributed by atoms with Gasteiger partial charge in [0, 0.05) is 12.7 Å². The third-order valence-corrected chi connectivity index (χ3v) is 3.83. The molecular formula is C13H14FN3O2S. The van der Waals surface area contributed by atoms with Crippen LogP contribution in [0.15, 0.2) is 47.6 Å². The highest BCUT2D eigenvalue weighted by Crippen LogP contribution is 2.15. The summed E-state index contributed by atoms with van der Waals surface area (Å²) in [6.45, 7) is 0.602. The lowest BCUT2D eigenvalue weighted by atomic mass is 10.3. The van der Waals surface area contributed by atoms with Crippen LogP contribution in [0.25, 0.3) is 0 Å². The molecule has 0 aliphatic carbocycles. The zero-order valence-electron chi connectivity index (χ0n) is 10.8. The van der Waals surface area contributed by atoms with Crippen molar-refractivity contribution in [3.63, 3.8) is 0 Å². The Kier molecular flexibility index (Phi) is 4.31. The predicted octanol–water partition coefficient (Wildman–Crippen LogP) is 1.74. The molecule has 2 N–H and O–H groups in total. The van der Waals surface area contributed by atoms with E-state index in [0.29, 0.717) is 6.54 Å². The molecule has 1 aromatic heterocycles. The van der Waals surface area contributed by atoms with E-state index in [-0.39, 0.29) is 10.7 Å². The highest BCUT2D eigenvalue weighted by Gasteiger charge is 2.15. The van der Waals surface area contributed by atoms with Crippen molar-refractivity contribution in [3.8, 4) is 0 Å². The molecular weight excluding hydrogens is 281 g/mol. The van der Waals surface area contributed by atoms with E-state index in [1.165, 1.54) is 30.5 Å². The van der Waals surface area contributed by atoms with Crippen LogP contribution < -0.4 is 10.0 Å². The summed E-state index contributed by atoms with van der Waals surface area (Å²) in [5.74, 6) is -0.512. The fraction of sp³-hybridized carbons (Fsp3) is 0.154. The molecule has 0 aliphatic heterocycles. The summed E-state index contributed by atoms with van der Waals surface area (Å²) < 4.78 is 39.4. The first-order valence-electron chi connectivity index (χ1n) is 5.89. The standard InChI is InChI=1S/C13H14FN3O2S/c1-15-8-10-5-6-13(16-9-10)20(18,19)17-12-4-2-3-11(14)7-12/h2-7,9,15,17H,8H2,1H3. The number of pyridine rings is 1. The molecule has 0 atom stereocenters. The van der Waals surface area contributed by atoms with E-state index in [0.717, 1.165) is 11.6 Å². The molecule has 0 amide bonds. The Labute approximate surface area is 116 Å². The summed E-state index contributed by atoms with van der Waals surface area (Å²) in [5, 5.41) is 2.83. The summed E-state index contributed by atoms with van der Waals surface area (Å²) in [5.41, 5.74) is 1.03. The van der Waals surface area contributed by atoms with E-state index in [1.54, 1.807) is 13.1 Å². The smallest absolute Gasteiger partial charge is 0.279 e. The molecule has 0 fully saturated rings. The number of hydrogen-bond donors (Lipinski definition) is 2. The fourth-order valence-corrected chi connectivity index (χ4v) is 2.62. The van der Waals surface area contributed by atoms with Crippen LogP contribution in [0.5, 0.6) is 0 Å². The summed E-state index contributed by atoms with van der Waals surface area (Å²) >= 11 is 0. The highest BCUT2D eigenvalue weighted by atomic mass is 32.2. The van der Waals surface area contributed by atoms with Crippen LogP contribution in [0, 0.1) is 5.82 Å². The zero-order chi connectivity index (χ0) is 14.6. The molecule has 106 valence electrons. The van der Waals surface area contributed by atoms with Crippen molar-refractivity contribution in [2.75, 3.05) is 11.8 Å². The van der Waals surface area contributed by atoms with Crippen molar-refractivity contribution in [1.29, 1.82) is 0 Å². The molecule has 0 unspecified atom stereocenters. The second-order valence-electron chi connectivity index (χ2n) is 4.15. The topological polar surface area (TPSA) is 71.1 Å². The van der Waals surface area contributed by atoms with Gasteiger partial charge in [-0.25, -0.2) is 9.37 Å². The number of rotatable bonds is 5. The van der Waals surface area contributed by atoms with Crippen LogP contribution in [0.2, 0.25) is 0 Å². The SMILES string of the molecule is CNCc1ccc(S(=O)(=O)Nc2cccc(F)c2)nc1. The van der Waals surface area contributed by atoms with Gasteiger partial charge in [0.2, 0.25) is 0 Å². The van der Waals surface area contributed by atoms with Gasteiger partial charge in [0.1, 0.15) is 5.82 Å². The van der Waals surface area contributed by atoms with Crippen molar-refractivity contribution in [2.45, 2.75) is 11.6 Å². The Bertz CT molecular complexity index is 687. The molecule has 0 saturated heterocycles. The maximum absolute atomic E-state index is 13.0. The number of sulfonamides is 1. The molecule has 0 aliphatic rings. The van der Waals surface area contributed by atoms with Crippen LogP contribution in [0.3, 0.4) is 0 Å². The van der Waals surface area contributed by atoms with Crippen LogP contribution >= 0.6 is 0 Å². The molecule has 5 nitrogen and oxygen atoms in total. The minimum atomic E-state index is -3.81. The average Bonchev–Trinajstić information content (AvgIpc) is 2.39. The molecule has 1 aromatic carbocycles. The summed E-state index contributed by atoms with van der Waals surface area (Å²) in [6, 6.07) is 8.32. The maximum Gasteiger partial charge on any atom is 0.279 e. The zero-order valence-corrected chi connectivity index (χ0v) is 11.6. The monoisotopic (exact) mass is 295 g/mol. The molecule has 7 heteroatoms. The van der Waals surface area contributed by atoms with Gasteiger partial charge < -0.3 is 5.32 Å². The van der Waals surface area contributed by atoms with Gasteiger partial charge in [0.25, 0.3) is 10.0 Å². The van der Waals surface area contributed by atoms with Crippen molar-refractivity contribution in [3.05, 3.63) is 54.0 Å². The largest absolute Gasteiger partial charge is 0.316 e. The van der Waals surface area contributed by atoms with Crippen molar-refractivity contribution in [2.24, 2.45) is 0 Å². The van der Waals surface area contributed by atoms with Gasteiger partial charge in [-0.3, -0.25) is 4.72 Å². The molecule has 20 heavy (non-hydrogen) atoms. The van der Waals surface area contributed by atoms with E-state index in [4.69, 9.17) is 0 Å². The number of aromatic nitrogens is 1. The van der Waals surface area contributed by atoms with Crippen LogP contribution in [-0.2, 0) is 16.6 Å². The minimum Gasteiger partial charge on any atom is -0.316 e. The fourth-order valence-electron chi connectivity index (χ4n) is 1.64. The van der Waals surface area contributed by atoms with E-state index >= 15 is 0 Å². The quantitative estimate of drug-likeness (QED) is 0.881. The third kappa shape index (κ3) is 3.52. The van der Waals surface area contributed by atoms with Crippen molar-refractivity contribution in [1.82, 2.24) is 10.3 Å². The lowest BCUT2D eigenvalue weighted by molar-refractivity contribution is 0.597. The number of nitrogens with zero attached hydrogens (tertiary/aromatic N) is 1. The van der Waals surface area contributed by atoms with E-state index in [1.807, 2.05) is 0 Å². The minimum absolute atomic E-state index is 0.110. The molecule has 2 aromatic rings. The number of halogens is 1. The van der Waals surface area contributed by atoms with Crippen LogP contribution in [0.4, 0.5) is 10.1 Å². The first-order valence-corrected chi connectivity index (χ1v) is 7.37. The molecule has 0 radical (unpaired) electrons. The summed E-state index contributed by atoms with van der Waals surface area (Å²) in [4.78, 5) is 3.90. The molecule has 0 bridgehead atoms. The van der Waals surface area contributed by atoms with Gasteiger partial charge in [-0.1, -0.05) is 12.1 Å². The summed E-state index contributed by atoms with van der Waals surface area (Å²) in [6.07, 6.45) is 1.48.